The molecule has 0 aliphatic rings. The van der Waals surface area contributed by atoms with E-state index < -0.39 is 23.3 Å². The molecule has 0 saturated carbocycles. The Bertz CT molecular complexity index is 666. The lowest BCUT2D eigenvalue weighted by Gasteiger charge is -2.41. The van der Waals surface area contributed by atoms with E-state index in [4.69, 9.17) is 0 Å². The highest BCUT2D eigenvalue weighted by molar-refractivity contribution is 7.46. The highest BCUT2D eigenvalue weighted by Crippen LogP contribution is 2.30. The second kappa shape index (κ2) is 6.69. The minimum atomic E-state index is -1.42. The Labute approximate surface area is 146 Å². The van der Waals surface area contributed by atoms with Crippen LogP contribution in [0.25, 0.3) is 10.8 Å². The van der Waals surface area contributed by atoms with E-state index >= 15 is 0 Å². The van der Waals surface area contributed by atoms with Crippen LogP contribution in [0.5, 0.6) is 0 Å². The molecule has 0 bridgehead atoms. The Kier molecular flexibility index (Phi) is 5.44. The summed E-state index contributed by atoms with van der Waals surface area (Å²) in [7, 11) is -3.63. The van der Waals surface area contributed by atoms with E-state index in [1.807, 2.05) is 0 Å². The van der Waals surface area contributed by atoms with Gasteiger partial charge in [-0.2, -0.15) is 0 Å². The number of hydrogen-bond acceptors (Lipinski definition) is 0. The lowest BCUT2D eigenvalue weighted by Crippen LogP contribution is -2.63. The zero-order chi connectivity index (χ0) is 17.3. The Morgan fingerprint density at radius 3 is 2.00 bits per heavy atom. The van der Waals surface area contributed by atoms with Gasteiger partial charge in [-0.3, -0.25) is 0 Å². The first-order chi connectivity index (χ1) is 10.6. The van der Waals surface area contributed by atoms with Crippen molar-refractivity contribution in [2.24, 2.45) is 0 Å². The number of hydrogen-bond donors (Lipinski definition) is 0. The van der Waals surface area contributed by atoms with Gasteiger partial charge in [0.2, 0.25) is 0 Å². The van der Waals surface area contributed by atoms with Gasteiger partial charge in [0, 0.05) is 15.7 Å². The van der Waals surface area contributed by atoms with E-state index in [2.05, 4.69) is 88.7 Å². The summed E-state index contributed by atoms with van der Waals surface area (Å²) in [4.78, 5) is 0. The van der Waals surface area contributed by atoms with Crippen LogP contribution in [0.4, 0.5) is 0 Å². The molecular formula is C20H34Si3. The zero-order valence-corrected chi connectivity index (χ0v) is 19.2. The first-order valence-corrected chi connectivity index (χ1v) is 19.7. The van der Waals surface area contributed by atoms with E-state index in [0.29, 0.717) is 0 Å². The molecule has 126 valence electrons. The molecule has 0 N–H and O–H groups in total. The monoisotopic (exact) mass is 358 g/mol. The number of fused-ring (bicyclic) bond motifs is 1. The van der Waals surface area contributed by atoms with Crippen LogP contribution in [0.15, 0.2) is 42.5 Å². The molecule has 0 saturated heterocycles. The smallest absolute Gasteiger partial charge is 0.0710 e. The topological polar surface area (TPSA) is 0 Å². The molecule has 0 aliphatic heterocycles. The summed E-state index contributed by atoms with van der Waals surface area (Å²) in [5.41, 5.74) is 0. The van der Waals surface area contributed by atoms with Crippen molar-refractivity contribution < 1.29 is 0 Å². The first-order valence-electron chi connectivity index (χ1n) is 9.09. The summed E-state index contributed by atoms with van der Waals surface area (Å²) in [6.07, 6.45) is 0. The van der Waals surface area contributed by atoms with Crippen LogP contribution in [0, 0.1) is 0 Å². The molecule has 0 spiro atoms. The summed E-state index contributed by atoms with van der Waals surface area (Å²) >= 11 is 0. The maximum absolute atomic E-state index is 2.67. The first kappa shape index (κ1) is 18.7. The lowest BCUT2D eigenvalue weighted by molar-refractivity contribution is 1.22. The second-order valence-electron chi connectivity index (χ2n) is 9.05. The molecule has 0 amide bonds. The maximum Gasteiger partial charge on any atom is 0.0746 e. The van der Waals surface area contributed by atoms with Crippen LogP contribution in [-0.4, -0.2) is 23.3 Å². The largest absolute Gasteiger partial charge is 0.0746 e. The molecule has 3 heteroatoms. The van der Waals surface area contributed by atoms with Crippen molar-refractivity contribution in [3.05, 3.63) is 42.5 Å². The molecule has 0 unspecified atom stereocenters. The average molecular weight is 359 g/mol. The molecule has 0 atom stereocenters. The molecule has 0 aliphatic carbocycles. The fraction of sp³-hybridized carbons (Fsp3) is 0.500. The maximum atomic E-state index is 2.67. The molecule has 0 aromatic heterocycles. The summed E-state index contributed by atoms with van der Waals surface area (Å²) in [5, 5.41) is 4.63. The van der Waals surface area contributed by atoms with Gasteiger partial charge >= 0.3 is 0 Å². The quantitative estimate of drug-likeness (QED) is 0.534. The van der Waals surface area contributed by atoms with Gasteiger partial charge in [0.15, 0.2) is 0 Å². The third-order valence-electron chi connectivity index (χ3n) is 6.54. The van der Waals surface area contributed by atoms with Gasteiger partial charge in [-0.15, -0.1) is 0 Å². The van der Waals surface area contributed by atoms with E-state index in [9.17, 15) is 0 Å². The van der Waals surface area contributed by atoms with Crippen LogP contribution in [-0.2, 0) is 0 Å². The average Bonchev–Trinajstić information content (AvgIpc) is 2.52. The Hall–Kier alpha value is -0.649. The minimum absolute atomic E-state index is 0.964. The van der Waals surface area contributed by atoms with Gasteiger partial charge in [0.1, 0.15) is 0 Å². The lowest BCUT2D eigenvalue weighted by atomic mass is 10.1. The van der Waals surface area contributed by atoms with E-state index in [0.717, 1.165) is 0 Å². The molecule has 2 aromatic carbocycles. The van der Waals surface area contributed by atoms with Crippen molar-refractivity contribution in [3.8, 4) is 0 Å². The predicted molar refractivity (Wildman–Crippen MR) is 116 cm³/mol. The molecule has 0 heterocycles. The summed E-state index contributed by atoms with van der Waals surface area (Å²) < 4.78 is 0. The Morgan fingerprint density at radius 1 is 0.739 bits per heavy atom. The van der Waals surface area contributed by atoms with Crippen molar-refractivity contribution in [1.82, 2.24) is 0 Å². The predicted octanol–water partition coefficient (Wildman–Crippen LogP) is 6.27. The van der Waals surface area contributed by atoms with Gasteiger partial charge in [0.05, 0.1) is 7.59 Å². The van der Waals surface area contributed by atoms with Crippen molar-refractivity contribution in [2.45, 2.75) is 64.3 Å². The standard InChI is InChI=1S/C20H34Si3/c1-8-21(2,3)16-17-22(4,5)23(6,7)20-15-11-13-18-12-9-10-14-19(18)20/h9-15H,8,16-17H2,1-7H3. The fourth-order valence-corrected chi connectivity index (χ4v) is 17.4. The van der Waals surface area contributed by atoms with Gasteiger partial charge in [-0.05, 0) is 10.8 Å². The third kappa shape index (κ3) is 3.89. The van der Waals surface area contributed by atoms with E-state index in [1.54, 1.807) is 5.19 Å². The van der Waals surface area contributed by atoms with Gasteiger partial charge in [-0.25, -0.2) is 0 Å². The summed E-state index contributed by atoms with van der Waals surface area (Å²) in [6, 6.07) is 20.4. The van der Waals surface area contributed by atoms with Crippen LogP contribution in [0.2, 0.25) is 57.4 Å². The zero-order valence-electron chi connectivity index (χ0n) is 16.2. The molecule has 0 radical (unpaired) electrons. The van der Waals surface area contributed by atoms with Gasteiger partial charge in [-0.1, -0.05) is 112 Å². The Balaban J connectivity index is 2.39. The van der Waals surface area contributed by atoms with Crippen LogP contribution < -0.4 is 5.19 Å². The summed E-state index contributed by atoms with van der Waals surface area (Å²) in [5.74, 6) is 0. The van der Waals surface area contributed by atoms with Crippen LogP contribution >= 0.6 is 0 Å². The van der Waals surface area contributed by atoms with Crippen LogP contribution in [0.3, 0.4) is 0 Å². The van der Waals surface area contributed by atoms with Gasteiger partial charge < -0.3 is 0 Å². The number of benzene rings is 2. The molecule has 0 nitrogen and oxygen atoms in total. The van der Waals surface area contributed by atoms with Crippen molar-refractivity contribution in [1.29, 1.82) is 0 Å². The second-order valence-corrected chi connectivity index (χ2v) is 30.5. The molecule has 23 heavy (non-hydrogen) atoms. The number of rotatable bonds is 6. The van der Waals surface area contributed by atoms with Crippen molar-refractivity contribution in [2.75, 3.05) is 0 Å². The SMILES string of the molecule is CC[Si](C)(C)CC[Si](C)(C)[Si](C)(C)c1cccc2ccccc12. The normalized spacial score (nSPS) is 13.5. The summed E-state index contributed by atoms with van der Waals surface area (Å²) in [6.45, 7) is 18.2. The van der Waals surface area contributed by atoms with Gasteiger partial charge in [0.25, 0.3) is 0 Å². The van der Waals surface area contributed by atoms with Crippen LogP contribution in [0.1, 0.15) is 6.92 Å². The highest BCUT2D eigenvalue weighted by Gasteiger charge is 2.43. The molecule has 2 rings (SSSR count). The van der Waals surface area contributed by atoms with E-state index in [1.165, 1.54) is 28.9 Å². The fourth-order valence-electron chi connectivity index (χ4n) is 3.28. The third-order valence-corrected chi connectivity index (χ3v) is 28.9. The molecule has 0 fully saturated rings. The van der Waals surface area contributed by atoms with E-state index in [-0.39, 0.29) is 0 Å². The molecular weight excluding hydrogens is 324 g/mol. The highest BCUT2D eigenvalue weighted by atomic mass is 29.3. The molecule has 2 aromatic rings. The minimum Gasteiger partial charge on any atom is -0.0710 e. The Morgan fingerprint density at radius 2 is 1.35 bits per heavy atom. The van der Waals surface area contributed by atoms with Crippen molar-refractivity contribution >= 4 is 39.2 Å². The van der Waals surface area contributed by atoms with Crippen molar-refractivity contribution in [3.63, 3.8) is 0 Å².